The first-order valence-corrected chi connectivity index (χ1v) is 9.50. The lowest BCUT2D eigenvalue weighted by Gasteiger charge is -2.09. The van der Waals surface area contributed by atoms with E-state index in [-0.39, 0.29) is 12.5 Å². The van der Waals surface area contributed by atoms with Crippen molar-refractivity contribution in [2.45, 2.75) is 20.4 Å². The molecule has 0 saturated carbocycles. The van der Waals surface area contributed by atoms with Crippen molar-refractivity contribution in [1.82, 2.24) is 30.0 Å². The molecule has 8 nitrogen and oxygen atoms in total. The zero-order chi connectivity index (χ0) is 21.1. The van der Waals surface area contributed by atoms with E-state index in [1.54, 1.807) is 19.5 Å². The van der Waals surface area contributed by atoms with Gasteiger partial charge in [-0.2, -0.15) is 5.10 Å². The van der Waals surface area contributed by atoms with Gasteiger partial charge in [0.25, 0.3) is 5.91 Å². The Morgan fingerprint density at radius 3 is 2.70 bits per heavy atom. The molecule has 0 bridgehead atoms. The number of carbonyl (C=O) groups is 1. The summed E-state index contributed by atoms with van der Waals surface area (Å²) in [6.45, 7) is 4.14. The van der Waals surface area contributed by atoms with Gasteiger partial charge in [0.2, 0.25) is 0 Å². The number of methoxy groups -OCH3 is 1. The zero-order valence-corrected chi connectivity index (χ0v) is 17.0. The molecular weight excluding hydrogens is 380 g/mol. The van der Waals surface area contributed by atoms with Crippen LogP contribution in [0, 0.1) is 13.8 Å². The number of nitrogens with one attached hydrogen (secondary N) is 2. The van der Waals surface area contributed by atoms with Gasteiger partial charge < -0.3 is 14.6 Å². The van der Waals surface area contributed by atoms with E-state index in [1.807, 2.05) is 60.9 Å². The monoisotopic (exact) mass is 402 g/mol. The highest BCUT2D eigenvalue weighted by Crippen LogP contribution is 2.21. The summed E-state index contributed by atoms with van der Waals surface area (Å²) in [5.41, 5.74) is 4.23. The summed E-state index contributed by atoms with van der Waals surface area (Å²) in [4.78, 5) is 21.4. The Labute approximate surface area is 174 Å². The first kappa shape index (κ1) is 19.4. The number of hydrogen-bond acceptors (Lipinski definition) is 5. The lowest BCUT2D eigenvalue weighted by molar-refractivity contribution is 0.0949. The summed E-state index contributed by atoms with van der Waals surface area (Å²) >= 11 is 0. The molecule has 8 heteroatoms. The van der Waals surface area contributed by atoms with Gasteiger partial charge in [-0.3, -0.25) is 14.9 Å². The lowest BCUT2D eigenvalue weighted by Crippen LogP contribution is -2.24. The predicted molar refractivity (Wildman–Crippen MR) is 113 cm³/mol. The summed E-state index contributed by atoms with van der Waals surface area (Å²) in [5, 5.41) is 10.0. The molecule has 0 radical (unpaired) electrons. The maximum atomic E-state index is 12.8. The fraction of sp³-hybridized carbons (Fsp3) is 0.182. The maximum Gasteiger partial charge on any atom is 0.253 e. The maximum absolute atomic E-state index is 12.8. The molecule has 0 spiro atoms. The summed E-state index contributed by atoms with van der Waals surface area (Å²) in [6.07, 6.45) is 3.50. The van der Waals surface area contributed by atoms with Gasteiger partial charge in [-0.15, -0.1) is 0 Å². The van der Waals surface area contributed by atoms with Crippen LogP contribution in [-0.4, -0.2) is 37.7 Å². The summed E-state index contributed by atoms with van der Waals surface area (Å²) in [6, 6.07) is 13.2. The molecule has 0 aliphatic rings. The van der Waals surface area contributed by atoms with Gasteiger partial charge in [-0.05, 0) is 56.3 Å². The summed E-state index contributed by atoms with van der Waals surface area (Å²) < 4.78 is 7.18. The van der Waals surface area contributed by atoms with Crippen molar-refractivity contribution in [2.75, 3.05) is 7.11 Å². The van der Waals surface area contributed by atoms with Crippen LogP contribution in [0.15, 0.2) is 54.9 Å². The van der Waals surface area contributed by atoms with E-state index in [2.05, 4.69) is 25.5 Å². The van der Waals surface area contributed by atoms with Crippen LogP contribution in [0.5, 0.6) is 5.75 Å². The van der Waals surface area contributed by atoms with E-state index in [0.29, 0.717) is 17.2 Å². The van der Waals surface area contributed by atoms with Gasteiger partial charge >= 0.3 is 0 Å². The molecule has 152 valence electrons. The average Bonchev–Trinajstić information content (AvgIpc) is 3.37. The molecule has 0 saturated heterocycles. The van der Waals surface area contributed by atoms with Gasteiger partial charge in [0.15, 0.2) is 5.82 Å². The highest BCUT2D eigenvalue weighted by molar-refractivity contribution is 5.95. The number of aromatic nitrogens is 5. The number of H-pyrrole nitrogens is 1. The molecular formula is C22H22N6O2. The van der Waals surface area contributed by atoms with E-state index in [9.17, 15) is 4.79 Å². The molecule has 0 unspecified atom stereocenters. The Balaban J connectivity index is 1.46. The Hall–Kier alpha value is -3.94. The summed E-state index contributed by atoms with van der Waals surface area (Å²) in [7, 11) is 1.62. The number of nitrogens with zero attached hydrogens (tertiary/aromatic N) is 4. The molecule has 0 atom stereocenters. The van der Waals surface area contributed by atoms with Gasteiger partial charge in [0.05, 0.1) is 31.1 Å². The fourth-order valence-electron chi connectivity index (χ4n) is 3.38. The molecule has 0 fully saturated rings. The molecule has 0 aliphatic carbocycles. The number of amides is 1. The second kappa shape index (κ2) is 8.20. The molecule has 4 aromatic rings. The molecule has 1 amide bonds. The third kappa shape index (κ3) is 3.80. The van der Waals surface area contributed by atoms with Crippen molar-refractivity contribution >= 4 is 5.91 Å². The van der Waals surface area contributed by atoms with Crippen molar-refractivity contribution in [1.29, 1.82) is 0 Å². The molecule has 0 aliphatic heterocycles. The minimum atomic E-state index is -0.166. The summed E-state index contributed by atoms with van der Waals surface area (Å²) in [5.74, 6) is 1.75. The predicted octanol–water partition coefficient (Wildman–Crippen LogP) is 3.21. The number of ether oxygens (including phenoxy) is 1. The lowest BCUT2D eigenvalue weighted by atomic mass is 10.2. The first-order chi connectivity index (χ1) is 14.6. The molecule has 1 aromatic carbocycles. The quantitative estimate of drug-likeness (QED) is 0.516. The second-order valence-electron chi connectivity index (χ2n) is 6.85. The molecule has 3 heterocycles. The van der Waals surface area contributed by atoms with Gasteiger partial charge in [0.1, 0.15) is 11.6 Å². The Morgan fingerprint density at radius 1 is 1.20 bits per heavy atom. The SMILES string of the molecule is COc1ccc(-c2n[nH]c(CNC(=O)c3cc(C)n(-c4cccnc4)c3C)n2)cc1. The normalized spacial score (nSPS) is 10.8. The van der Waals surface area contributed by atoms with Crippen molar-refractivity contribution in [3.8, 4) is 22.8 Å². The van der Waals surface area contributed by atoms with Crippen molar-refractivity contribution in [2.24, 2.45) is 0 Å². The van der Waals surface area contributed by atoms with E-state index in [1.165, 1.54) is 0 Å². The van der Waals surface area contributed by atoms with E-state index in [0.717, 1.165) is 28.4 Å². The van der Waals surface area contributed by atoms with Crippen LogP contribution >= 0.6 is 0 Å². The Morgan fingerprint density at radius 2 is 2.00 bits per heavy atom. The van der Waals surface area contributed by atoms with Crippen molar-refractivity contribution < 1.29 is 9.53 Å². The van der Waals surface area contributed by atoms with Crippen molar-refractivity contribution in [3.63, 3.8) is 0 Å². The van der Waals surface area contributed by atoms with Gasteiger partial charge in [0, 0.05) is 23.1 Å². The van der Waals surface area contributed by atoms with Crippen molar-refractivity contribution in [3.05, 3.63) is 77.6 Å². The average molecular weight is 402 g/mol. The molecule has 4 rings (SSSR count). The largest absolute Gasteiger partial charge is 0.497 e. The van der Waals surface area contributed by atoms with E-state index >= 15 is 0 Å². The minimum absolute atomic E-state index is 0.166. The van der Waals surface area contributed by atoms with E-state index in [4.69, 9.17) is 4.74 Å². The van der Waals surface area contributed by atoms with Crippen LogP contribution in [0.4, 0.5) is 0 Å². The molecule has 2 N–H and O–H groups in total. The van der Waals surface area contributed by atoms with Crippen LogP contribution in [0.3, 0.4) is 0 Å². The third-order valence-corrected chi connectivity index (χ3v) is 4.88. The third-order valence-electron chi connectivity index (χ3n) is 4.88. The van der Waals surface area contributed by atoms with Crippen LogP contribution in [0.25, 0.3) is 17.1 Å². The van der Waals surface area contributed by atoms with E-state index < -0.39 is 0 Å². The molecule has 30 heavy (non-hydrogen) atoms. The highest BCUT2D eigenvalue weighted by Gasteiger charge is 2.17. The number of aryl methyl sites for hydroxylation is 1. The van der Waals surface area contributed by atoms with Crippen LogP contribution in [0.2, 0.25) is 0 Å². The number of carbonyl (C=O) groups excluding carboxylic acids is 1. The number of pyridine rings is 1. The number of aromatic amines is 1. The van der Waals surface area contributed by atoms with Crippen LogP contribution in [-0.2, 0) is 6.54 Å². The Bertz CT molecular complexity index is 1160. The Kier molecular flexibility index (Phi) is 5.30. The smallest absolute Gasteiger partial charge is 0.253 e. The standard InChI is InChI=1S/C22H22N6O2/c1-14-11-19(15(2)28(14)17-5-4-10-23-12-17)22(29)24-13-20-25-21(27-26-20)16-6-8-18(30-3)9-7-16/h4-12H,13H2,1-3H3,(H,24,29)(H,25,26,27). The first-order valence-electron chi connectivity index (χ1n) is 9.50. The second-order valence-corrected chi connectivity index (χ2v) is 6.85. The van der Waals surface area contributed by atoms with Gasteiger partial charge in [-0.1, -0.05) is 0 Å². The van der Waals surface area contributed by atoms with Gasteiger partial charge in [-0.25, -0.2) is 4.98 Å². The minimum Gasteiger partial charge on any atom is -0.497 e. The fourth-order valence-corrected chi connectivity index (χ4v) is 3.38. The number of hydrogen-bond donors (Lipinski definition) is 2. The topological polar surface area (TPSA) is 97.7 Å². The molecule has 3 aromatic heterocycles. The zero-order valence-electron chi connectivity index (χ0n) is 17.0. The highest BCUT2D eigenvalue weighted by atomic mass is 16.5. The van der Waals surface area contributed by atoms with Crippen LogP contribution < -0.4 is 10.1 Å². The number of rotatable bonds is 6. The van der Waals surface area contributed by atoms with Crippen LogP contribution in [0.1, 0.15) is 27.6 Å². The number of benzene rings is 1.